The highest BCUT2D eigenvalue weighted by Gasteiger charge is 2.20. The van der Waals surface area contributed by atoms with E-state index in [2.05, 4.69) is 0 Å². The number of carbonyl (C=O) groups excluding carboxylic acids is 1. The molecule has 0 saturated carbocycles. The Morgan fingerprint density at radius 2 is 1.43 bits per heavy atom. The minimum atomic E-state index is -0.413. The van der Waals surface area contributed by atoms with Gasteiger partial charge in [-0.15, -0.1) is 11.8 Å². The second-order valence-corrected chi connectivity index (χ2v) is 8.04. The van der Waals surface area contributed by atoms with Crippen molar-refractivity contribution < 1.29 is 9.72 Å². The lowest BCUT2D eigenvalue weighted by molar-refractivity contribution is -0.384. The number of aryl methyl sites for hydroxylation is 2. The molecule has 0 aliphatic carbocycles. The van der Waals surface area contributed by atoms with Gasteiger partial charge >= 0.3 is 0 Å². The zero-order valence-electron chi connectivity index (χ0n) is 15.8. The molecule has 142 valence electrons. The van der Waals surface area contributed by atoms with Crippen molar-refractivity contribution in [1.82, 2.24) is 0 Å². The summed E-state index contributed by atoms with van der Waals surface area (Å²) in [7, 11) is 0. The third kappa shape index (κ3) is 5.08. The molecule has 0 aliphatic heterocycles. The Hall–Kier alpha value is -2.92. The summed E-state index contributed by atoms with van der Waals surface area (Å²) < 4.78 is 0. The molecule has 0 amide bonds. The molecule has 3 aromatic carbocycles. The standard InChI is InChI=1S/C23H21NO3S/c1-16-3-7-18(8-4-16)22(25)15-23(28-21-13-5-17(2)6-14-21)19-9-11-20(12-10-19)24(26)27/h3-14,23H,15H2,1-2H3. The van der Waals surface area contributed by atoms with Gasteiger partial charge in [0.15, 0.2) is 5.78 Å². The van der Waals surface area contributed by atoms with Gasteiger partial charge in [-0.05, 0) is 31.5 Å². The maximum Gasteiger partial charge on any atom is 0.269 e. The molecule has 1 atom stereocenters. The molecule has 0 bridgehead atoms. The van der Waals surface area contributed by atoms with Crippen LogP contribution in [0.3, 0.4) is 0 Å². The zero-order valence-corrected chi connectivity index (χ0v) is 16.6. The van der Waals surface area contributed by atoms with Gasteiger partial charge in [0.05, 0.1) is 4.92 Å². The molecule has 0 radical (unpaired) electrons. The predicted octanol–water partition coefficient (Wildman–Crippen LogP) is 6.32. The first kappa shape index (κ1) is 19.8. The number of ketones is 1. The highest BCUT2D eigenvalue weighted by atomic mass is 32.2. The highest BCUT2D eigenvalue weighted by molar-refractivity contribution is 7.99. The van der Waals surface area contributed by atoms with Crippen molar-refractivity contribution in [1.29, 1.82) is 0 Å². The van der Waals surface area contributed by atoms with E-state index in [0.717, 1.165) is 16.0 Å². The average Bonchev–Trinajstić information content (AvgIpc) is 2.69. The maximum atomic E-state index is 12.8. The van der Waals surface area contributed by atoms with Gasteiger partial charge in [-0.3, -0.25) is 14.9 Å². The van der Waals surface area contributed by atoms with Crippen molar-refractivity contribution in [3.8, 4) is 0 Å². The first-order valence-corrected chi connectivity index (χ1v) is 9.88. The van der Waals surface area contributed by atoms with Gasteiger partial charge < -0.3 is 0 Å². The minimum absolute atomic E-state index is 0.0488. The van der Waals surface area contributed by atoms with Crippen LogP contribution in [0.15, 0.2) is 77.7 Å². The van der Waals surface area contributed by atoms with Crippen LogP contribution >= 0.6 is 11.8 Å². The van der Waals surface area contributed by atoms with Crippen LogP contribution in [0.25, 0.3) is 0 Å². The molecule has 4 nitrogen and oxygen atoms in total. The quantitative estimate of drug-likeness (QED) is 0.205. The second kappa shape index (κ2) is 8.85. The van der Waals surface area contributed by atoms with Crippen LogP contribution in [0.1, 0.15) is 38.7 Å². The fraction of sp³-hybridized carbons (Fsp3) is 0.174. The van der Waals surface area contributed by atoms with E-state index >= 15 is 0 Å². The van der Waals surface area contributed by atoms with E-state index in [1.54, 1.807) is 23.9 Å². The Bertz CT molecular complexity index is 964. The van der Waals surface area contributed by atoms with E-state index in [0.29, 0.717) is 12.0 Å². The number of benzene rings is 3. The van der Waals surface area contributed by atoms with Gasteiger partial charge in [0.1, 0.15) is 0 Å². The molecule has 1 unspecified atom stereocenters. The van der Waals surface area contributed by atoms with E-state index in [1.807, 2.05) is 62.4 Å². The van der Waals surface area contributed by atoms with Gasteiger partial charge in [0.2, 0.25) is 0 Å². The van der Waals surface area contributed by atoms with Gasteiger partial charge in [-0.1, -0.05) is 59.7 Å². The van der Waals surface area contributed by atoms with Gasteiger partial charge in [-0.25, -0.2) is 0 Å². The van der Waals surface area contributed by atoms with Crippen molar-refractivity contribution in [2.45, 2.75) is 30.4 Å². The van der Waals surface area contributed by atoms with Gasteiger partial charge in [0.25, 0.3) is 5.69 Å². The Labute approximate surface area is 168 Å². The van der Waals surface area contributed by atoms with Crippen molar-refractivity contribution in [3.63, 3.8) is 0 Å². The number of nitro benzene ring substituents is 1. The first-order valence-electron chi connectivity index (χ1n) is 9.00. The number of hydrogen-bond donors (Lipinski definition) is 0. The molecule has 3 aromatic rings. The molecule has 0 spiro atoms. The lowest BCUT2D eigenvalue weighted by atomic mass is 10.0. The van der Waals surface area contributed by atoms with Crippen LogP contribution in [-0.2, 0) is 0 Å². The number of nitrogens with zero attached hydrogens (tertiary/aromatic N) is 1. The summed E-state index contributed by atoms with van der Waals surface area (Å²) in [6.45, 7) is 4.02. The zero-order chi connectivity index (χ0) is 20.1. The molecular formula is C23H21NO3S. The third-order valence-corrected chi connectivity index (χ3v) is 5.79. The third-order valence-electron chi connectivity index (χ3n) is 4.52. The van der Waals surface area contributed by atoms with E-state index in [9.17, 15) is 14.9 Å². The summed E-state index contributed by atoms with van der Waals surface area (Å²) in [6.07, 6.45) is 0.319. The number of nitro groups is 1. The van der Waals surface area contributed by atoms with Gasteiger partial charge in [-0.2, -0.15) is 0 Å². The van der Waals surface area contributed by atoms with Crippen molar-refractivity contribution in [2.24, 2.45) is 0 Å². The molecule has 0 saturated heterocycles. The van der Waals surface area contributed by atoms with Crippen LogP contribution in [0.4, 0.5) is 5.69 Å². The SMILES string of the molecule is Cc1ccc(SC(CC(=O)c2ccc(C)cc2)c2ccc([N+](=O)[O-])cc2)cc1. The van der Waals surface area contributed by atoms with Crippen molar-refractivity contribution >= 4 is 23.2 Å². The smallest absolute Gasteiger partial charge is 0.269 e. The van der Waals surface area contributed by atoms with E-state index in [4.69, 9.17) is 0 Å². The molecule has 0 N–H and O–H groups in total. The van der Waals surface area contributed by atoms with Crippen LogP contribution in [0.2, 0.25) is 0 Å². The molecule has 0 heterocycles. The van der Waals surface area contributed by atoms with E-state index in [1.165, 1.54) is 17.7 Å². The van der Waals surface area contributed by atoms with E-state index < -0.39 is 4.92 Å². The monoisotopic (exact) mass is 391 g/mol. The molecule has 0 fully saturated rings. The predicted molar refractivity (Wildman–Crippen MR) is 113 cm³/mol. The highest BCUT2D eigenvalue weighted by Crippen LogP contribution is 2.39. The number of Topliss-reactive ketones (excluding diaryl/α,β-unsaturated/α-hetero) is 1. The lowest BCUT2D eigenvalue weighted by Crippen LogP contribution is -2.06. The summed E-state index contributed by atoms with van der Waals surface area (Å²) in [6, 6.07) is 22.2. The summed E-state index contributed by atoms with van der Waals surface area (Å²) >= 11 is 1.60. The van der Waals surface area contributed by atoms with E-state index in [-0.39, 0.29) is 16.7 Å². The average molecular weight is 391 g/mol. The fourth-order valence-corrected chi connectivity index (χ4v) is 3.99. The second-order valence-electron chi connectivity index (χ2n) is 6.76. The van der Waals surface area contributed by atoms with Crippen molar-refractivity contribution in [2.75, 3.05) is 0 Å². The topological polar surface area (TPSA) is 60.2 Å². The Balaban J connectivity index is 1.86. The summed E-state index contributed by atoms with van der Waals surface area (Å²) in [5, 5.41) is 10.8. The maximum absolute atomic E-state index is 12.8. The number of rotatable bonds is 7. The minimum Gasteiger partial charge on any atom is -0.294 e. The molecule has 28 heavy (non-hydrogen) atoms. The number of non-ortho nitro benzene ring substituents is 1. The van der Waals surface area contributed by atoms with Crippen LogP contribution < -0.4 is 0 Å². The summed E-state index contributed by atoms with van der Waals surface area (Å²) in [4.78, 5) is 24.4. The first-order chi connectivity index (χ1) is 13.4. The van der Waals surface area contributed by atoms with Crippen LogP contribution in [-0.4, -0.2) is 10.7 Å². The number of hydrogen-bond acceptors (Lipinski definition) is 4. The Morgan fingerprint density at radius 1 is 0.893 bits per heavy atom. The normalized spacial score (nSPS) is 11.8. The Kier molecular flexibility index (Phi) is 6.26. The van der Waals surface area contributed by atoms with Crippen LogP contribution in [0.5, 0.6) is 0 Å². The summed E-state index contributed by atoms with van der Waals surface area (Å²) in [5.74, 6) is 0.0583. The largest absolute Gasteiger partial charge is 0.294 e. The Morgan fingerprint density at radius 3 is 1.96 bits per heavy atom. The van der Waals surface area contributed by atoms with Gasteiger partial charge in [0, 0.05) is 34.3 Å². The molecule has 5 heteroatoms. The molecular weight excluding hydrogens is 370 g/mol. The molecule has 3 rings (SSSR count). The summed E-state index contributed by atoms with van der Waals surface area (Å²) in [5.41, 5.74) is 3.91. The lowest BCUT2D eigenvalue weighted by Gasteiger charge is -2.17. The number of carbonyl (C=O) groups is 1. The van der Waals surface area contributed by atoms with Crippen molar-refractivity contribution in [3.05, 3.63) is 105 Å². The van der Waals surface area contributed by atoms with Crippen LogP contribution in [0, 0.1) is 24.0 Å². The fourth-order valence-electron chi connectivity index (χ4n) is 2.85. The number of thioether (sulfide) groups is 1. The molecule has 0 aromatic heterocycles. The molecule has 0 aliphatic rings.